The maximum Gasteiger partial charge on any atom is 0.270 e. The number of carbonyl (C=O) groups excluding carboxylic acids is 1. The van der Waals surface area contributed by atoms with Gasteiger partial charge in [0.1, 0.15) is 12.2 Å². The third-order valence-electron chi connectivity index (χ3n) is 5.21. The number of benzene rings is 2. The molecule has 1 aromatic heterocycles. The fraction of sp³-hybridized carbons (Fsp3) is 0.273. The van der Waals surface area contributed by atoms with Crippen molar-refractivity contribution >= 4 is 16.7 Å². The predicted molar refractivity (Wildman–Crippen MR) is 103 cm³/mol. The number of nitrogens with one attached hydrogen (secondary N) is 2. The highest BCUT2D eigenvalue weighted by Crippen LogP contribution is 2.16. The number of fused-ring (bicyclic) bond motifs is 1. The molecule has 4 rings (SSSR count). The van der Waals surface area contributed by atoms with Gasteiger partial charge in [0.05, 0.1) is 13.1 Å². The van der Waals surface area contributed by atoms with Crippen molar-refractivity contribution in [3.8, 4) is 0 Å². The Labute approximate surface area is 153 Å². The normalized spacial score (nSPS) is 20.0. The number of aromatic nitrogens is 1. The average Bonchev–Trinajstić information content (AvgIpc) is 2.70. The molecule has 0 aliphatic carbocycles. The van der Waals surface area contributed by atoms with Gasteiger partial charge in [-0.15, -0.1) is 0 Å². The molecule has 0 saturated carbocycles. The van der Waals surface area contributed by atoms with Gasteiger partial charge in [-0.2, -0.15) is 0 Å². The first-order valence-electron chi connectivity index (χ1n) is 9.32. The highest BCUT2D eigenvalue weighted by Gasteiger charge is 2.24. The maximum absolute atomic E-state index is 12.7. The van der Waals surface area contributed by atoms with Crippen LogP contribution in [-0.2, 0) is 6.54 Å². The molecule has 132 valence electrons. The van der Waals surface area contributed by atoms with Crippen LogP contribution in [0.5, 0.6) is 0 Å². The quantitative estimate of drug-likeness (QED) is 0.761. The minimum Gasteiger partial charge on any atom is -0.347 e. The van der Waals surface area contributed by atoms with Crippen LogP contribution in [0.4, 0.5) is 0 Å². The first kappa shape index (κ1) is 16.7. The van der Waals surface area contributed by atoms with Gasteiger partial charge in [-0.3, -0.25) is 9.78 Å². The van der Waals surface area contributed by atoms with Gasteiger partial charge >= 0.3 is 0 Å². The molecule has 0 unspecified atom stereocenters. The van der Waals surface area contributed by atoms with E-state index in [-0.39, 0.29) is 11.9 Å². The van der Waals surface area contributed by atoms with E-state index in [4.69, 9.17) is 0 Å². The van der Waals surface area contributed by atoms with Crippen molar-refractivity contribution in [2.45, 2.75) is 25.4 Å². The SMILES string of the molecule is O=C(NC1CC[NH+](Cc2ccccc2)CC1)c1nccc2ccccc12. The number of carbonyl (C=O) groups is 1. The van der Waals surface area contributed by atoms with Gasteiger partial charge in [0, 0.05) is 36.0 Å². The Morgan fingerprint density at radius 3 is 2.54 bits per heavy atom. The number of quaternary nitrogens is 1. The molecule has 4 nitrogen and oxygen atoms in total. The third-order valence-corrected chi connectivity index (χ3v) is 5.21. The molecule has 1 amide bonds. The molecule has 1 saturated heterocycles. The average molecular weight is 346 g/mol. The summed E-state index contributed by atoms with van der Waals surface area (Å²) in [6.07, 6.45) is 3.74. The van der Waals surface area contributed by atoms with Crippen LogP contribution < -0.4 is 10.2 Å². The Hall–Kier alpha value is -2.72. The molecule has 1 fully saturated rings. The summed E-state index contributed by atoms with van der Waals surface area (Å²) in [4.78, 5) is 18.6. The topological polar surface area (TPSA) is 46.4 Å². The standard InChI is InChI=1S/C22H23N3O/c26-22(21-20-9-5-4-8-18(20)10-13-23-21)24-19-11-14-25(15-12-19)16-17-6-2-1-3-7-17/h1-10,13,19H,11-12,14-16H2,(H,24,26)/p+1. The second kappa shape index (κ2) is 7.67. The number of hydrogen-bond acceptors (Lipinski definition) is 2. The summed E-state index contributed by atoms with van der Waals surface area (Å²) in [6, 6.07) is 20.7. The maximum atomic E-state index is 12.7. The molecule has 0 bridgehead atoms. The Morgan fingerprint density at radius 1 is 1.00 bits per heavy atom. The van der Waals surface area contributed by atoms with E-state index in [1.165, 1.54) is 5.56 Å². The van der Waals surface area contributed by atoms with Gasteiger partial charge in [-0.25, -0.2) is 0 Å². The second-order valence-corrected chi connectivity index (χ2v) is 7.04. The summed E-state index contributed by atoms with van der Waals surface area (Å²) in [5.41, 5.74) is 1.91. The minimum atomic E-state index is -0.0571. The van der Waals surface area contributed by atoms with E-state index in [0.29, 0.717) is 5.69 Å². The molecule has 2 heterocycles. The molecule has 0 radical (unpaired) electrons. The van der Waals surface area contributed by atoms with Crippen molar-refractivity contribution in [1.82, 2.24) is 10.3 Å². The summed E-state index contributed by atoms with van der Waals surface area (Å²) >= 11 is 0. The van der Waals surface area contributed by atoms with Gasteiger partial charge in [0.25, 0.3) is 5.91 Å². The van der Waals surface area contributed by atoms with Gasteiger partial charge in [0.15, 0.2) is 0 Å². The van der Waals surface area contributed by atoms with Crippen LogP contribution in [0.25, 0.3) is 10.8 Å². The number of likely N-dealkylation sites (tertiary alicyclic amines) is 1. The summed E-state index contributed by atoms with van der Waals surface area (Å²) in [5, 5.41) is 5.16. The zero-order valence-corrected chi connectivity index (χ0v) is 14.8. The van der Waals surface area contributed by atoms with E-state index >= 15 is 0 Å². The van der Waals surface area contributed by atoms with E-state index in [1.54, 1.807) is 11.1 Å². The molecule has 2 N–H and O–H groups in total. The molecule has 2 aromatic carbocycles. The van der Waals surface area contributed by atoms with Crippen molar-refractivity contribution in [2.24, 2.45) is 0 Å². The molecule has 1 aliphatic heterocycles. The van der Waals surface area contributed by atoms with Gasteiger partial charge < -0.3 is 10.2 Å². The van der Waals surface area contributed by atoms with Gasteiger partial charge in [-0.05, 0) is 11.5 Å². The molecular formula is C22H24N3O+. The zero-order chi connectivity index (χ0) is 17.8. The lowest BCUT2D eigenvalue weighted by Crippen LogP contribution is -3.12. The second-order valence-electron chi connectivity index (χ2n) is 7.04. The minimum absolute atomic E-state index is 0.0571. The number of nitrogens with zero attached hydrogens (tertiary/aromatic N) is 1. The molecule has 0 spiro atoms. The Morgan fingerprint density at radius 2 is 1.73 bits per heavy atom. The highest BCUT2D eigenvalue weighted by molar-refractivity contribution is 6.05. The van der Waals surface area contributed by atoms with Crippen molar-refractivity contribution in [3.63, 3.8) is 0 Å². The van der Waals surface area contributed by atoms with Gasteiger partial charge in [0.2, 0.25) is 0 Å². The largest absolute Gasteiger partial charge is 0.347 e. The van der Waals surface area contributed by atoms with Crippen LogP contribution in [0, 0.1) is 0 Å². The molecule has 1 aliphatic rings. The van der Waals surface area contributed by atoms with Crippen molar-refractivity contribution in [1.29, 1.82) is 0 Å². The van der Waals surface area contributed by atoms with Crippen molar-refractivity contribution in [2.75, 3.05) is 13.1 Å². The lowest BCUT2D eigenvalue weighted by atomic mass is 10.0. The van der Waals surface area contributed by atoms with Crippen LogP contribution in [-0.4, -0.2) is 30.0 Å². The Balaban J connectivity index is 1.36. The van der Waals surface area contributed by atoms with E-state index < -0.39 is 0 Å². The smallest absolute Gasteiger partial charge is 0.270 e. The predicted octanol–water partition coefficient (Wildman–Crippen LogP) is 2.21. The monoisotopic (exact) mass is 346 g/mol. The molecule has 4 heteroatoms. The first-order chi connectivity index (χ1) is 12.8. The highest BCUT2D eigenvalue weighted by atomic mass is 16.1. The first-order valence-corrected chi connectivity index (χ1v) is 9.32. The molecule has 3 aromatic rings. The van der Waals surface area contributed by atoms with Crippen molar-refractivity contribution < 1.29 is 9.69 Å². The summed E-state index contributed by atoms with van der Waals surface area (Å²) in [7, 11) is 0. The summed E-state index contributed by atoms with van der Waals surface area (Å²) in [5.74, 6) is -0.0571. The number of amides is 1. The Bertz CT molecular complexity index is 881. The lowest BCUT2D eigenvalue weighted by molar-refractivity contribution is -0.918. The number of hydrogen-bond donors (Lipinski definition) is 2. The summed E-state index contributed by atoms with van der Waals surface area (Å²) < 4.78 is 0. The van der Waals surface area contributed by atoms with Gasteiger partial charge in [-0.1, -0.05) is 54.6 Å². The molecule has 26 heavy (non-hydrogen) atoms. The van der Waals surface area contributed by atoms with Crippen LogP contribution in [0.15, 0.2) is 66.9 Å². The number of pyridine rings is 1. The van der Waals surface area contributed by atoms with Crippen molar-refractivity contribution in [3.05, 3.63) is 78.1 Å². The van der Waals surface area contributed by atoms with E-state index in [2.05, 4.69) is 40.6 Å². The van der Waals surface area contributed by atoms with E-state index in [1.807, 2.05) is 30.3 Å². The summed E-state index contributed by atoms with van der Waals surface area (Å²) in [6.45, 7) is 3.23. The zero-order valence-electron chi connectivity index (χ0n) is 14.8. The van der Waals surface area contributed by atoms with Crippen LogP contribution in [0.3, 0.4) is 0 Å². The molecular weight excluding hydrogens is 322 g/mol. The number of rotatable bonds is 4. The number of piperidine rings is 1. The van der Waals surface area contributed by atoms with Crippen LogP contribution in [0.2, 0.25) is 0 Å². The lowest BCUT2D eigenvalue weighted by Gasteiger charge is -2.29. The van der Waals surface area contributed by atoms with Crippen LogP contribution in [0.1, 0.15) is 28.9 Å². The Kier molecular flexibility index (Phi) is 4.93. The van der Waals surface area contributed by atoms with E-state index in [0.717, 1.165) is 43.2 Å². The third kappa shape index (κ3) is 3.75. The fourth-order valence-electron chi connectivity index (χ4n) is 3.79. The molecule has 0 atom stereocenters. The van der Waals surface area contributed by atoms with Crippen LogP contribution >= 0.6 is 0 Å². The fourth-order valence-corrected chi connectivity index (χ4v) is 3.79. The van der Waals surface area contributed by atoms with E-state index in [9.17, 15) is 4.79 Å².